The van der Waals surface area contributed by atoms with Gasteiger partial charge in [0, 0.05) is 5.92 Å². The van der Waals surface area contributed by atoms with Gasteiger partial charge in [0.1, 0.15) is 0 Å². The molecule has 0 aliphatic carbocycles. The van der Waals surface area contributed by atoms with E-state index in [1.807, 2.05) is 6.92 Å². The highest BCUT2D eigenvalue weighted by Crippen LogP contribution is 2.00. The van der Waals surface area contributed by atoms with Gasteiger partial charge in [-0.15, -0.1) is 0 Å². The number of carbonyl (C=O) groups excluding carboxylic acids is 2. The summed E-state index contributed by atoms with van der Waals surface area (Å²) in [6.45, 7) is 3.17. The predicted octanol–water partition coefficient (Wildman–Crippen LogP) is -0.317. The molecule has 14 heavy (non-hydrogen) atoms. The number of carbonyl (C=O) groups is 2. The fraction of sp³-hybridized carbons (Fsp3) is 0.778. The molecule has 82 valence electrons. The van der Waals surface area contributed by atoms with Crippen LogP contribution in [0.2, 0.25) is 0 Å². The van der Waals surface area contributed by atoms with Gasteiger partial charge < -0.3 is 15.2 Å². The van der Waals surface area contributed by atoms with E-state index in [4.69, 9.17) is 5.11 Å². The zero-order valence-corrected chi connectivity index (χ0v) is 8.74. The average Bonchev–Trinajstić information content (AvgIpc) is 2.22. The molecule has 0 aromatic heterocycles. The Bertz CT molecular complexity index is 205. The first-order chi connectivity index (χ1) is 6.56. The van der Waals surface area contributed by atoms with Crippen molar-refractivity contribution in [2.45, 2.75) is 26.3 Å². The van der Waals surface area contributed by atoms with Crippen LogP contribution in [-0.2, 0) is 14.3 Å². The summed E-state index contributed by atoms with van der Waals surface area (Å²) >= 11 is 0. The second-order valence-corrected chi connectivity index (χ2v) is 3.08. The van der Waals surface area contributed by atoms with Crippen LogP contribution in [0.4, 0.5) is 0 Å². The summed E-state index contributed by atoms with van der Waals surface area (Å²) < 4.78 is 4.40. The van der Waals surface area contributed by atoms with Crippen molar-refractivity contribution in [2.24, 2.45) is 5.92 Å². The lowest BCUT2D eigenvalue weighted by Crippen LogP contribution is -2.45. The van der Waals surface area contributed by atoms with Crippen molar-refractivity contribution in [2.75, 3.05) is 13.7 Å². The smallest absolute Gasteiger partial charge is 0.330 e. The second kappa shape index (κ2) is 6.37. The normalized spacial score (nSPS) is 14.3. The van der Waals surface area contributed by atoms with E-state index in [0.29, 0.717) is 6.42 Å². The maximum Gasteiger partial charge on any atom is 0.330 e. The minimum Gasteiger partial charge on any atom is -0.467 e. The Morgan fingerprint density at radius 1 is 1.50 bits per heavy atom. The van der Waals surface area contributed by atoms with Crippen LogP contribution in [0.25, 0.3) is 0 Å². The van der Waals surface area contributed by atoms with Crippen LogP contribution in [-0.4, -0.2) is 36.7 Å². The van der Waals surface area contributed by atoms with Gasteiger partial charge in [-0.3, -0.25) is 4.79 Å². The molecule has 0 aliphatic heterocycles. The van der Waals surface area contributed by atoms with Crippen LogP contribution in [0.3, 0.4) is 0 Å². The molecule has 5 nitrogen and oxygen atoms in total. The van der Waals surface area contributed by atoms with E-state index in [9.17, 15) is 9.59 Å². The third kappa shape index (κ3) is 3.74. The quantitative estimate of drug-likeness (QED) is 0.601. The summed E-state index contributed by atoms with van der Waals surface area (Å²) in [5.41, 5.74) is 0. The van der Waals surface area contributed by atoms with Crippen LogP contribution in [0, 0.1) is 5.92 Å². The molecule has 0 aliphatic rings. The number of esters is 1. The number of aliphatic hydroxyl groups excluding tert-OH is 1. The molecule has 0 spiro atoms. The van der Waals surface area contributed by atoms with Crippen LogP contribution in [0.1, 0.15) is 20.3 Å². The standard InChI is InChI=1S/C9H17NO4/c1-4-6(2)8(12)10-7(5-11)9(13)14-3/h6-7,11H,4-5H2,1-3H3,(H,10,12). The van der Waals surface area contributed by atoms with E-state index in [1.54, 1.807) is 6.92 Å². The van der Waals surface area contributed by atoms with Crippen LogP contribution in [0.15, 0.2) is 0 Å². The van der Waals surface area contributed by atoms with Gasteiger partial charge in [0.2, 0.25) is 5.91 Å². The van der Waals surface area contributed by atoms with Gasteiger partial charge in [-0.05, 0) is 6.42 Å². The number of hydrogen-bond donors (Lipinski definition) is 2. The predicted molar refractivity (Wildman–Crippen MR) is 50.5 cm³/mol. The molecule has 0 rings (SSSR count). The highest BCUT2D eigenvalue weighted by Gasteiger charge is 2.22. The minimum absolute atomic E-state index is 0.172. The van der Waals surface area contributed by atoms with Crippen molar-refractivity contribution in [1.29, 1.82) is 0 Å². The van der Waals surface area contributed by atoms with Crippen molar-refractivity contribution in [3.8, 4) is 0 Å². The number of rotatable bonds is 5. The van der Waals surface area contributed by atoms with Crippen molar-refractivity contribution in [1.82, 2.24) is 5.32 Å². The third-order valence-electron chi connectivity index (χ3n) is 2.04. The number of hydrogen-bond acceptors (Lipinski definition) is 4. The minimum atomic E-state index is -0.957. The van der Waals surface area contributed by atoms with Gasteiger partial charge >= 0.3 is 5.97 Å². The van der Waals surface area contributed by atoms with E-state index in [1.165, 1.54) is 7.11 Å². The maximum atomic E-state index is 11.3. The molecule has 2 unspecified atom stereocenters. The molecule has 0 aromatic rings. The molecular formula is C9H17NO4. The molecular weight excluding hydrogens is 186 g/mol. The molecule has 0 radical (unpaired) electrons. The van der Waals surface area contributed by atoms with Gasteiger partial charge in [-0.2, -0.15) is 0 Å². The summed E-state index contributed by atoms with van der Waals surface area (Å²) in [5.74, 6) is -1.06. The van der Waals surface area contributed by atoms with Gasteiger partial charge in [-0.1, -0.05) is 13.8 Å². The lowest BCUT2D eigenvalue weighted by molar-refractivity contribution is -0.146. The van der Waals surface area contributed by atoms with Gasteiger partial charge in [0.25, 0.3) is 0 Å². The molecule has 0 fully saturated rings. The molecule has 0 saturated carbocycles. The second-order valence-electron chi connectivity index (χ2n) is 3.08. The average molecular weight is 203 g/mol. The summed E-state index contributed by atoms with van der Waals surface area (Å²) in [7, 11) is 1.21. The number of nitrogens with one attached hydrogen (secondary N) is 1. The summed E-state index contributed by atoms with van der Waals surface area (Å²) in [4.78, 5) is 22.3. The fourth-order valence-corrected chi connectivity index (χ4v) is 0.821. The molecule has 2 N–H and O–H groups in total. The topological polar surface area (TPSA) is 75.6 Å². The monoisotopic (exact) mass is 203 g/mol. The van der Waals surface area contributed by atoms with E-state index >= 15 is 0 Å². The van der Waals surface area contributed by atoms with Crippen LogP contribution < -0.4 is 5.32 Å². The Balaban J connectivity index is 4.18. The van der Waals surface area contributed by atoms with Gasteiger partial charge in [0.15, 0.2) is 6.04 Å². The largest absolute Gasteiger partial charge is 0.467 e. The maximum absolute atomic E-state index is 11.3. The van der Waals surface area contributed by atoms with Gasteiger partial charge in [-0.25, -0.2) is 4.79 Å². The number of methoxy groups -OCH3 is 1. The molecule has 0 heterocycles. The zero-order chi connectivity index (χ0) is 11.1. The Morgan fingerprint density at radius 3 is 2.43 bits per heavy atom. The summed E-state index contributed by atoms with van der Waals surface area (Å²) in [6.07, 6.45) is 0.686. The molecule has 0 saturated heterocycles. The first-order valence-corrected chi connectivity index (χ1v) is 4.55. The van der Waals surface area contributed by atoms with Crippen molar-refractivity contribution in [3.05, 3.63) is 0 Å². The highest BCUT2D eigenvalue weighted by atomic mass is 16.5. The van der Waals surface area contributed by atoms with E-state index < -0.39 is 18.6 Å². The van der Waals surface area contributed by atoms with Crippen LogP contribution >= 0.6 is 0 Å². The van der Waals surface area contributed by atoms with E-state index in [2.05, 4.69) is 10.1 Å². The van der Waals surface area contributed by atoms with Crippen molar-refractivity contribution < 1.29 is 19.4 Å². The zero-order valence-electron chi connectivity index (χ0n) is 8.74. The van der Waals surface area contributed by atoms with Crippen molar-refractivity contribution >= 4 is 11.9 Å². The first-order valence-electron chi connectivity index (χ1n) is 4.55. The summed E-state index contributed by atoms with van der Waals surface area (Å²) in [6, 6.07) is -0.957. The Kier molecular flexibility index (Phi) is 5.87. The fourth-order valence-electron chi connectivity index (χ4n) is 0.821. The number of amides is 1. The molecule has 2 atom stereocenters. The lowest BCUT2D eigenvalue weighted by atomic mass is 10.1. The van der Waals surface area contributed by atoms with E-state index in [0.717, 1.165) is 0 Å². The molecule has 0 aromatic carbocycles. The van der Waals surface area contributed by atoms with Crippen molar-refractivity contribution in [3.63, 3.8) is 0 Å². The highest BCUT2D eigenvalue weighted by molar-refractivity contribution is 5.85. The van der Waals surface area contributed by atoms with E-state index in [-0.39, 0.29) is 11.8 Å². The Hall–Kier alpha value is -1.10. The number of aliphatic hydroxyl groups is 1. The molecule has 5 heteroatoms. The lowest BCUT2D eigenvalue weighted by Gasteiger charge is -2.16. The van der Waals surface area contributed by atoms with Crippen LogP contribution in [0.5, 0.6) is 0 Å². The first kappa shape index (κ1) is 12.9. The molecule has 0 bridgehead atoms. The SMILES string of the molecule is CCC(C)C(=O)NC(CO)C(=O)OC. The molecule has 1 amide bonds. The Labute approximate surface area is 83.4 Å². The number of ether oxygens (including phenoxy) is 1. The Morgan fingerprint density at radius 2 is 2.07 bits per heavy atom. The van der Waals surface area contributed by atoms with Gasteiger partial charge in [0.05, 0.1) is 13.7 Å². The summed E-state index contributed by atoms with van der Waals surface area (Å²) in [5, 5.41) is 11.2. The third-order valence-corrected chi connectivity index (χ3v) is 2.04.